The predicted molar refractivity (Wildman–Crippen MR) is 60.7 cm³/mol. The summed E-state index contributed by atoms with van der Waals surface area (Å²) in [7, 11) is -3.01. The van der Waals surface area contributed by atoms with Crippen LogP contribution in [0.25, 0.3) is 0 Å². The molecule has 1 N–H and O–H groups in total. The lowest BCUT2D eigenvalue weighted by Crippen LogP contribution is -2.42. The van der Waals surface area contributed by atoms with Gasteiger partial charge in [-0.3, -0.25) is 4.79 Å². The third-order valence-corrected chi connectivity index (χ3v) is 4.33. The van der Waals surface area contributed by atoms with Crippen molar-refractivity contribution < 1.29 is 18.3 Å². The highest BCUT2D eigenvalue weighted by Crippen LogP contribution is 2.17. The van der Waals surface area contributed by atoms with E-state index in [-0.39, 0.29) is 36.6 Å². The van der Waals surface area contributed by atoms with E-state index in [0.717, 1.165) is 0 Å². The average molecular weight is 247 g/mol. The van der Waals surface area contributed by atoms with Crippen molar-refractivity contribution in [3.05, 3.63) is 12.2 Å². The van der Waals surface area contributed by atoms with Gasteiger partial charge in [0, 0.05) is 12.6 Å². The minimum absolute atomic E-state index is 0.0102. The highest BCUT2D eigenvalue weighted by atomic mass is 32.2. The summed E-state index contributed by atoms with van der Waals surface area (Å²) in [5, 5.41) is 8.88. The molecule has 0 aromatic heterocycles. The molecule has 1 fully saturated rings. The number of nitrogens with zero attached hydrogens (tertiary/aromatic N) is 1. The first-order valence-corrected chi connectivity index (χ1v) is 7.07. The summed E-state index contributed by atoms with van der Waals surface area (Å²) in [4.78, 5) is 13.1. The van der Waals surface area contributed by atoms with Gasteiger partial charge in [0.2, 0.25) is 5.91 Å². The van der Waals surface area contributed by atoms with E-state index in [1.807, 2.05) is 0 Å². The molecule has 16 heavy (non-hydrogen) atoms. The Hall–Kier alpha value is -0.880. The van der Waals surface area contributed by atoms with E-state index in [4.69, 9.17) is 5.11 Å². The summed E-state index contributed by atoms with van der Waals surface area (Å²) >= 11 is 0. The highest BCUT2D eigenvalue weighted by molar-refractivity contribution is 7.91. The van der Waals surface area contributed by atoms with E-state index < -0.39 is 9.84 Å². The summed E-state index contributed by atoms with van der Waals surface area (Å²) in [6.45, 7) is 1.75. The average Bonchev–Trinajstić information content (AvgIpc) is 2.55. The number of hydrogen-bond acceptors (Lipinski definition) is 4. The molecule has 1 aliphatic heterocycles. The van der Waals surface area contributed by atoms with Crippen LogP contribution in [-0.2, 0) is 14.6 Å². The topological polar surface area (TPSA) is 74.7 Å². The summed E-state index contributed by atoms with van der Waals surface area (Å²) in [5.74, 6) is -0.0995. The third kappa shape index (κ3) is 3.31. The maximum absolute atomic E-state index is 11.7. The Bertz CT molecular complexity index is 374. The van der Waals surface area contributed by atoms with Gasteiger partial charge in [0.1, 0.15) is 0 Å². The van der Waals surface area contributed by atoms with E-state index in [1.165, 1.54) is 11.0 Å². The van der Waals surface area contributed by atoms with Crippen LogP contribution in [0, 0.1) is 0 Å². The normalized spacial score (nSPS) is 23.8. The number of aliphatic hydroxyl groups excluding tert-OH is 1. The van der Waals surface area contributed by atoms with Gasteiger partial charge in [-0.05, 0) is 19.4 Å². The molecule has 1 amide bonds. The molecule has 0 aromatic rings. The van der Waals surface area contributed by atoms with E-state index in [1.54, 1.807) is 13.0 Å². The zero-order chi connectivity index (χ0) is 12.2. The fraction of sp³-hybridized carbons (Fsp3) is 0.700. The SMILES string of the molecule is CC=CC(=O)N(CCO)C1CCS(=O)(=O)C1. The number of rotatable bonds is 4. The maximum Gasteiger partial charge on any atom is 0.246 e. The van der Waals surface area contributed by atoms with Gasteiger partial charge < -0.3 is 10.0 Å². The molecule has 1 rings (SSSR count). The fourth-order valence-corrected chi connectivity index (χ4v) is 3.57. The van der Waals surface area contributed by atoms with Crippen molar-refractivity contribution >= 4 is 15.7 Å². The first-order valence-electron chi connectivity index (χ1n) is 5.24. The van der Waals surface area contributed by atoms with Crippen LogP contribution in [0.5, 0.6) is 0 Å². The molecule has 6 heteroatoms. The molecule has 1 saturated heterocycles. The van der Waals surface area contributed by atoms with E-state index in [0.29, 0.717) is 6.42 Å². The van der Waals surface area contributed by atoms with E-state index >= 15 is 0 Å². The molecule has 0 spiro atoms. The van der Waals surface area contributed by atoms with E-state index in [2.05, 4.69) is 0 Å². The molecular formula is C10H17NO4S. The Morgan fingerprint density at radius 2 is 2.25 bits per heavy atom. The first kappa shape index (κ1) is 13.2. The first-order chi connectivity index (χ1) is 7.50. The smallest absolute Gasteiger partial charge is 0.246 e. The second kappa shape index (κ2) is 5.45. The zero-order valence-electron chi connectivity index (χ0n) is 9.30. The molecule has 1 aliphatic rings. The quantitative estimate of drug-likeness (QED) is 0.684. The van der Waals surface area contributed by atoms with Crippen molar-refractivity contribution in [1.82, 2.24) is 4.90 Å². The van der Waals surface area contributed by atoms with Crippen LogP contribution in [0.2, 0.25) is 0 Å². The standard InChI is InChI=1S/C10H17NO4S/c1-2-3-10(13)11(5-6-12)9-4-7-16(14,15)8-9/h2-3,9,12H,4-8H2,1H3. The van der Waals surface area contributed by atoms with Crippen molar-refractivity contribution in [2.45, 2.75) is 19.4 Å². The van der Waals surface area contributed by atoms with Crippen LogP contribution in [0.15, 0.2) is 12.2 Å². The molecular weight excluding hydrogens is 230 g/mol. The van der Waals surface area contributed by atoms with Crippen molar-refractivity contribution in [2.75, 3.05) is 24.7 Å². The number of aliphatic hydroxyl groups is 1. The Balaban J connectivity index is 2.75. The predicted octanol–water partition coefficient (Wildman–Crippen LogP) is -0.430. The van der Waals surface area contributed by atoms with Crippen LogP contribution in [0.1, 0.15) is 13.3 Å². The minimum Gasteiger partial charge on any atom is -0.395 e. The third-order valence-electron chi connectivity index (χ3n) is 2.58. The van der Waals surface area contributed by atoms with Gasteiger partial charge >= 0.3 is 0 Å². The molecule has 0 saturated carbocycles. The van der Waals surface area contributed by atoms with Crippen LogP contribution < -0.4 is 0 Å². The van der Waals surface area contributed by atoms with Crippen molar-refractivity contribution in [3.63, 3.8) is 0 Å². The van der Waals surface area contributed by atoms with Gasteiger partial charge in [-0.1, -0.05) is 6.08 Å². The molecule has 0 radical (unpaired) electrons. The molecule has 1 heterocycles. The summed E-state index contributed by atoms with van der Waals surface area (Å²) in [6.07, 6.45) is 3.46. The van der Waals surface area contributed by atoms with Crippen molar-refractivity contribution in [1.29, 1.82) is 0 Å². The second-order valence-corrected chi connectivity index (χ2v) is 6.04. The van der Waals surface area contributed by atoms with E-state index in [9.17, 15) is 13.2 Å². The van der Waals surface area contributed by atoms with Gasteiger partial charge in [0.05, 0.1) is 18.1 Å². The van der Waals surface area contributed by atoms with Gasteiger partial charge in [0.25, 0.3) is 0 Å². The van der Waals surface area contributed by atoms with Crippen LogP contribution in [-0.4, -0.2) is 55.0 Å². The molecule has 0 bridgehead atoms. The largest absolute Gasteiger partial charge is 0.395 e. The summed E-state index contributed by atoms with van der Waals surface area (Å²) in [5.41, 5.74) is 0. The van der Waals surface area contributed by atoms with Gasteiger partial charge in [0.15, 0.2) is 9.84 Å². The Morgan fingerprint density at radius 3 is 2.69 bits per heavy atom. The van der Waals surface area contributed by atoms with Crippen LogP contribution in [0.3, 0.4) is 0 Å². The number of carbonyl (C=O) groups excluding carboxylic acids is 1. The highest BCUT2D eigenvalue weighted by Gasteiger charge is 2.33. The molecule has 0 aliphatic carbocycles. The Kier molecular flexibility index (Phi) is 4.49. The van der Waals surface area contributed by atoms with Gasteiger partial charge in [-0.25, -0.2) is 8.42 Å². The summed E-state index contributed by atoms with van der Waals surface area (Å²) in [6, 6.07) is -0.291. The molecule has 1 unspecified atom stereocenters. The lowest BCUT2D eigenvalue weighted by molar-refractivity contribution is -0.128. The van der Waals surface area contributed by atoms with Crippen LogP contribution in [0.4, 0.5) is 0 Å². The van der Waals surface area contributed by atoms with Gasteiger partial charge in [-0.15, -0.1) is 0 Å². The number of amides is 1. The van der Waals surface area contributed by atoms with Gasteiger partial charge in [-0.2, -0.15) is 0 Å². The van der Waals surface area contributed by atoms with Crippen molar-refractivity contribution in [3.8, 4) is 0 Å². The molecule has 1 atom stereocenters. The number of allylic oxidation sites excluding steroid dienone is 1. The maximum atomic E-state index is 11.7. The van der Waals surface area contributed by atoms with Crippen LogP contribution >= 0.6 is 0 Å². The number of sulfone groups is 1. The number of hydrogen-bond donors (Lipinski definition) is 1. The number of carbonyl (C=O) groups is 1. The zero-order valence-corrected chi connectivity index (χ0v) is 10.1. The second-order valence-electron chi connectivity index (χ2n) is 3.81. The fourth-order valence-electron chi connectivity index (χ4n) is 1.84. The Morgan fingerprint density at radius 1 is 1.56 bits per heavy atom. The summed E-state index contributed by atoms with van der Waals surface area (Å²) < 4.78 is 22.6. The molecule has 92 valence electrons. The lowest BCUT2D eigenvalue weighted by Gasteiger charge is -2.26. The molecule has 5 nitrogen and oxygen atoms in total. The minimum atomic E-state index is -3.01. The monoisotopic (exact) mass is 247 g/mol. The van der Waals surface area contributed by atoms with Crippen molar-refractivity contribution in [2.24, 2.45) is 0 Å². The Labute approximate surface area is 95.7 Å². The molecule has 0 aromatic carbocycles. The lowest BCUT2D eigenvalue weighted by atomic mass is 10.2.